The lowest BCUT2D eigenvalue weighted by Crippen LogP contribution is -2.16. The number of rotatable bonds is 6. The second-order valence-electron chi connectivity index (χ2n) is 7.77. The number of aromatic nitrogens is 3. The van der Waals surface area contributed by atoms with E-state index in [-0.39, 0.29) is 0 Å². The van der Waals surface area contributed by atoms with Crippen molar-refractivity contribution in [3.8, 4) is 17.0 Å². The van der Waals surface area contributed by atoms with Crippen LogP contribution in [0.4, 0.5) is 5.82 Å². The summed E-state index contributed by atoms with van der Waals surface area (Å²) in [4.78, 5) is 9.32. The molecule has 2 N–H and O–H groups in total. The Morgan fingerprint density at radius 1 is 1.13 bits per heavy atom. The van der Waals surface area contributed by atoms with E-state index in [9.17, 15) is 0 Å². The highest BCUT2D eigenvalue weighted by Crippen LogP contribution is 2.42. The van der Waals surface area contributed by atoms with Crippen LogP contribution in [0.15, 0.2) is 78.8 Å². The van der Waals surface area contributed by atoms with Gasteiger partial charge in [-0.15, -0.1) is 0 Å². The van der Waals surface area contributed by atoms with Gasteiger partial charge in [-0.1, -0.05) is 42.5 Å². The van der Waals surface area contributed by atoms with Crippen LogP contribution in [-0.4, -0.2) is 21.5 Å². The number of ether oxygens (including phenoxy) is 2. The number of hydrogen-bond donors (Lipinski definition) is 1. The van der Waals surface area contributed by atoms with Gasteiger partial charge in [-0.2, -0.15) is 0 Å². The molecule has 5 rings (SSSR count). The molecule has 0 bridgehead atoms. The Morgan fingerprint density at radius 2 is 1.97 bits per heavy atom. The van der Waals surface area contributed by atoms with Gasteiger partial charge >= 0.3 is 0 Å². The first-order chi connectivity index (χ1) is 15.2. The maximum absolute atomic E-state index is 6.28. The van der Waals surface area contributed by atoms with Crippen LogP contribution >= 0.6 is 0 Å². The molecule has 2 aromatic heterocycles. The smallest absolute Gasteiger partial charge is 0.150 e. The Kier molecular flexibility index (Phi) is 5.04. The number of imidazole rings is 1. The number of nitrogens with two attached hydrogens (primary N) is 1. The van der Waals surface area contributed by atoms with Gasteiger partial charge in [0.05, 0.1) is 13.4 Å². The summed E-state index contributed by atoms with van der Waals surface area (Å²) in [7, 11) is 1.68. The van der Waals surface area contributed by atoms with E-state index in [1.54, 1.807) is 13.3 Å². The zero-order chi connectivity index (χ0) is 21.2. The molecule has 0 saturated heterocycles. The fraction of sp³-hybridized carbons (Fsp3) is 0.200. The molecular weight excluding hydrogens is 388 g/mol. The van der Waals surface area contributed by atoms with Gasteiger partial charge in [0.1, 0.15) is 35.2 Å². The number of methoxy groups -OCH3 is 1. The van der Waals surface area contributed by atoms with Crippen LogP contribution in [0.25, 0.3) is 16.8 Å². The minimum Gasteiger partial charge on any atom is -0.504 e. The zero-order valence-corrected chi connectivity index (χ0v) is 17.4. The van der Waals surface area contributed by atoms with E-state index in [2.05, 4.69) is 21.5 Å². The van der Waals surface area contributed by atoms with Gasteiger partial charge in [0.15, 0.2) is 0 Å². The summed E-state index contributed by atoms with van der Waals surface area (Å²) in [6.07, 6.45) is 7.37. The summed E-state index contributed by atoms with van der Waals surface area (Å²) in [6, 6.07) is 18.1. The van der Waals surface area contributed by atoms with Gasteiger partial charge in [-0.3, -0.25) is 4.40 Å². The quantitative estimate of drug-likeness (QED) is 0.453. The highest BCUT2D eigenvalue weighted by atomic mass is 16.5. The number of fused-ring (bicyclic) bond motifs is 1. The highest BCUT2D eigenvalue weighted by molar-refractivity contribution is 5.85. The predicted octanol–water partition coefficient (Wildman–Crippen LogP) is 4.97. The summed E-state index contributed by atoms with van der Waals surface area (Å²) in [5.41, 5.74) is 11.3. The van der Waals surface area contributed by atoms with E-state index in [4.69, 9.17) is 20.2 Å². The van der Waals surface area contributed by atoms with Crippen molar-refractivity contribution in [1.82, 2.24) is 14.4 Å². The van der Waals surface area contributed by atoms with Gasteiger partial charge in [0, 0.05) is 23.9 Å². The fourth-order valence-corrected chi connectivity index (χ4v) is 4.07. The SMILES string of the molecule is COC=C1CC(c2nc(-c3cccc(OCc4ccccc4)c3)c3c(N)nccn23)C1. The van der Waals surface area contributed by atoms with Crippen LogP contribution in [0.1, 0.15) is 30.1 Å². The Bertz CT molecular complexity index is 1240. The largest absolute Gasteiger partial charge is 0.504 e. The molecule has 0 atom stereocenters. The van der Waals surface area contributed by atoms with Gasteiger partial charge in [-0.05, 0) is 36.1 Å². The minimum atomic E-state index is 0.335. The van der Waals surface area contributed by atoms with Crippen molar-refractivity contribution in [1.29, 1.82) is 0 Å². The van der Waals surface area contributed by atoms with Crippen LogP contribution in [0, 0.1) is 0 Å². The van der Waals surface area contributed by atoms with Crippen molar-refractivity contribution in [3.05, 3.63) is 90.2 Å². The standard InChI is InChI=1S/C25H24N4O2/c1-30-15-18-12-20(13-18)25-28-22(23-24(26)27-10-11-29(23)25)19-8-5-9-21(14-19)31-16-17-6-3-2-4-7-17/h2-11,14-15,20H,12-13,16H2,1H3,(H2,26,27). The number of nitrogens with zero attached hydrogens (tertiary/aromatic N) is 3. The zero-order valence-electron chi connectivity index (χ0n) is 17.4. The number of allylic oxidation sites excluding steroid dienone is 1. The molecule has 2 heterocycles. The molecule has 4 aromatic rings. The first-order valence-corrected chi connectivity index (χ1v) is 10.3. The average Bonchev–Trinajstić information content (AvgIpc) is 3.16. The third-order valence-electron chi connectivity index (χ3n) is 5.63. The summed E-state index contributed by atoms with van der Waals surface area (Å²) >= 11 is 0. The lowest BCUT2D eigenvalue weighted by atomic mass is 9.80. The lowest BCUT2D eigenvalue weighted by molar-refractivity contribution is 0.306. The second-order valence-corrected chi connectivity index (χ2v) is 7.77. The van der Waals surface area contributed by atoms with Crippen LogP contribution in [0.3, 0.4) is 0 Å². The topological polar surface area (TPSA) is 74.7 Å². The molecule has 1 saturated carbocycles. The molecular formula is C25H24N4O2. The van der Waals surface area contributed by atoms with Crippen LogP contribution in [0.5, 0.6) is 5.75 Å². The average molecular weight is 412 g/mol. The van der Waals surface area contributed by atoms with E-state index >= 15 is 0 Å². The maximum atomic E-state index is 6.28. The molecule has 0 amide bonds. The van der Waals surface area contributed by atoms with Crippen molar-refractivity contribution in [2.24, 2.45) is 0 Å². The van der Waals surface area contributed by atoms with Gasteiger partial charge in [-0.25, -0.2) is 9.97 Å². The molecule has 156 valence electrons. The first-order valence-electron chi connectivity index (χ1n) is 10.3. The summed E-state index contributed by atoms with van der Waals surface area (Å²) in [6.45, 7) is 0.514. The fourth-order valence-electron chi connectivity index (χ4n) is 4.07. The molecule has 0 aliphatic heterocycles. The van der Waals surface area contributed by atoms with E-state index < -0.39 is 0 Å². The first kappa shape index (κ1) is 19.2. The number of benzene rings is 2. The van der Waals surface area contributed by atoms with E-state index in [1.807, 2.05) is 54.9 Å². The summed E-state index contributed by atoms with van der Waals surface area (Å²) in [5.74, 6) is 2.60. The van der Waals surface area contributed by atoms with Crippen molar-refractivity contribution in [3.63, 3.8) is 0 Å². The van der Waals surface area contributed by atoms with E-state index in [0.29, 0.717) is 18.3 Å². The minimum absolute atomic E-state index is 0.335. The van der Waals surface area contributed by atoms with Crippen molar-refractivity contribution < 1.29 is 9.47 Å². The normalized spacial score (nSPS) is 15.5. The number of anilines is 1. The van der Waals surface area contributed by atoms with E-state index in [1.165, 1.54) is 5.57 Å². The molecule has 0 unspecified atom stereocenters. The third kappa shape index (κ3) is 3.72. The van der Waals surface area contributed by atoms with Crippen molar-refractivity contribution in [2.45, 2.75) is 25.4 Å². The Labute approximate surface area is 181 Å². The molecule has 0 spiro atoms. The van der Waals surface area contributed by atoms with Crippen molar-refractivity contribution in [2.75, 3.05) is 12.8 Å². The molecule has 6 nitrogen and oxygen atoms in total. The summed E-state index contributed by atoms with van der Waals surface area (Å²) < 4.78 is 13.2. The van der Waals surface area contributed by atoms with Crippen molar-refractivity contribution >= 4 is 11.3 Å². The molecule has 1 fully saturated rings. The molecule has 2 aromatic carbocycles. The Morgan fingerprint density at radius 3 is 2.77 bits per heavy atom. The number of nitrogen functional groups attached to an aromatic ring is 1. The summed E-state index contributed by atoms with van der Waals surface area (Å²) in [5, 5.41) is 0. The van der Waals surface area contributed by atoms with Crippen LogP contribution in [-0.2, 0) is 11.3 Å². The number of hydrogen-bond acceptors (Lipinski definition) is 5. The molecule has 1 aliphatic carbocycles. The second kappa shape index (κ2) is 8.14. The molecule has 31 heavy (non-hydrogen) atoms. The predicted molar refractivity (Wildman–Crippen MR) is 121 cm³/mol. The molecule has 1 aliphatic rings. The molecule has 6 heteroatoms. The van der Waals surface area contributed by atoms with Gasteiger partial charge < -0.3 is 15.2 Å². The van der Waals surface area contributed by atoms with Crippen LogP contribution < -0.4 is 10.5 Å². The van der Waals surface area contributed by atoms with Crippen LogP contribution in [0.2, 0.25) is 0 Å². The third-order valence-corrected chi connectivity index (χ3v) is 5.63. The Balaban J connectivity index is 1.48. The molecule has 0 radical (unpaired) electrons. The van der Waals surface area contributed by atoms with Gasteiger partial charge in [0.25, 0.3) is 0 Å². The van der Waals surface area contributed by atoms with Gasteiger partial charge in [0.2, 0.25) is 0 Å². The monoisotopic (exact) mass is 412 g/mol. The van der Waals surface area contributed by atoms with E-state index in [0.717, 1.165) is 46.8 Å². The highest BCUT2D eigenvalue weighted by Gasteiger charge is 2.30. The maximum Gasteiger partial charge on any atom is 0.150 e. The Hall–Kier alpha value is -3.80. The lowest BCUT2D eigenvalue weighted by Gasteiger charge is -2.27.